The minimum Gasteiger partial charge on any atom is -0.397 e. The monoisotopic (exact) mass is 267 g/mol. The third-order valence-electron chi connectivity index (χ3n) is 4.06. The number of nitrogens with two attached hydrogens (primary N) is 1. The van der Waals surface area contributed by atoms with Crippen LogP contribution in [0.25, 0.3) is 11.3 Å². The van der Waals surface area contributed by atoms with Gasteiger partial charge in [0.2, 0.25) is 0 Å². The zero-order chi connectivity index (χ0) is 14.1. The molecule has 1 fully saturated rings. The molecule has 1 aromatic heterocycles. The van der Waals surface area contributed by atoms with Crippen LogP contribution >= 0.6 is 0 Å². The van der Waals surface area contributed by atoms with E-state index in [2.05, 4.69) is 41.1 Å². The number of pyridine rings is 1. The average Bonchev–Trinajstić information content (AvgIpc) is 2.89. The van der Waals surface area contributed by atoms with Crippen molar-refractivity contribution >= 4 is 11.4 Å². The van der Waals surface area contributed by atoms with Crippen molar-refractivity contribution in [1.29, 1.82) is 0 Å². The lowest BCUT2D eigenvalue weighted by atomic mass is 10.1. The van der Waals surface area contributed by atoms with E-state index >= 15 is 0 Å². The molecular weight excluding hydrogens is 246 g/mol. The fourth-order valence-corrected chi connectivity index (χ4v) is 2.76. The average molecular weight is 267 g/mol. The molecule has 1 atom stereocenters. The first-order valence-corrected chi connectivity index (χ1v) is 7.22. The maximum absolute atomic E-state index is 5.84. The van der Waals surface area contributed by atoms with Crippen LogP contribution in [0.15, 0.2) is 36.4 Å². The number of aryl methyl sites for hydroxylation is 1. The molecule has 0 spiro atoms. The van der Waals surface area contributed by atoms with E-state index in [0.29, 0.717) is 0 Å². The van der Waals surface area contributed by atoms with Gasteiger partial charge in [0.15, 0.2) is 0 Å². The Bertz CT molecular complexity index is 621. The molecule has 3 heteroatoms. The summed E-state index contributed by atoms with van der Waals surface area (Å²) in [6.07, 6.45) is 1.28. The minimum atomic E-state index is 0.748. The predicted molar refractivity (Wildman–Crippen MR) is 84.8 cm³/mol. The second-order valence-electron chi connectivity index (χ2n) is 5.76. The Kier molecular flexibility index (Phi) is 3.35. The van der Waals surface area contributed by atoms with Gasteiger partial charge in [-0.05, 0) is 43.5 Å². The zero-order valence-corrected chi connectivity index (χ0v) is 12.1. The molecule has 3 rings (SSSR count). The second-order valence-corrected chi connectivity index (χ2v) is 5.76. The topological polar surface area (TPSA) is 42.2 Å². The lowest BCUT2D eigenvalue weighted by Crippen LogP contribution is -2.18. The van der Waals surface area contributed by atoms with Crippen LogP contribution in [0.3, 0.4) is 0 Å². The largest absolute Gasteiger partial charge is 0.397 e. The van der Waals surface area contributed by atoms with Crippen LogP contribution in [0.5, 0.6) is 0 Å². The molecule has 2 N–H and O–H groups in total. The van der Waals surface area contributed by atoms with Gasteiger partial charge in [-0.1, -0.05) is 19.1 Å². The van der Waals surface area contributed by atoms with E-state index in [4.69, 9.17) is 5.73 Å². The van der Waals surface area contributed by atoms with Crippen molar-refractivity contribution in [3.05, 3.63) is 42.1 Å². The highest BCUT2D eigenvalue weighted by Gasteiger charge is 2.19. The molecule has 0 saturated carbocycles. The molecule has 0 aliphatic carbocycles. The SMILES string of the molecule is Cc1nc(-c2cccc(N3CC[C@@H](C)C3)c2)ccc1N. The fourth-order valence-electron chi connectivity index (χ4n) is 2.76. The first-order chi connectivity index (χ1) is 9.63. The van der Waals surface area contributed by atoms with E-state index in [9.17, 15) is 0 Å². The molecule has 2 aromatic rings. The van der Waals surface area contributed by atoms with Crippen molar-refractivity contribution in [3.63, 3.8) is 0 Å². The van der Waals surface area contributed by atoms with Gasteiger partial charge in [0, 0.05) is 24.3 Å². The number of rotatable bonds is 2. The number of hydrogen-bond acceptors (Lipinski definition) is 3. The Balaban J connectivity index is 1.92. The first-order valence-electron chi connectivity index (χ1n) is 7.22. The summed E-state index contributed by atoms with van der Waals surface area (Å²) in [5, 5.41) is 0. The summed E-state index contributed by atoms with van der Waals surface area (Å²) in [7, 11) is 0. The molecule has 1 aliphatic heterocycles. The summed E-state index contributed by atoms with van der Waals surface area (Å²) >= 11 is 0. The van der Waals surface area contributed by atoms with Crippen LogP contribution in [0, 0.1) is 12.8 Å². The van der Waals surface area contributed by atoms with E-state index in [-0.39, 0.29) is 0 Å². The van der Waals surface area contributed by atoms with Gasteiger partial charge in [-0.15, -0.1) is 0 Å². The Hall–Kier alpha value is -2.03. The van der Waals surface area contributed by atoms with E-state index in [1.165, 1.54) is 12.1 Å². The third-order valence-corrected chi connectivity index (χ3v) is 4.06. The van der Waals surface area contributed by atoms with Crippen molar-refractivity contribution in [2.75, 3.05) is 23.7 Å². The summed E-state index contributed by atoms with van der Waals surface area (Å²) in [4.78, 5) is 7.04. The molecule has 1 saturated heterocycles. The zero-order valence-electron chi connectivity index (χ0n) is 12.1. The third kappa shape index (κ3) is 2.48. The highest BCUT2D eigenvalue weighted by atomic mass is 15.1. The number of aromatic nitrogens is 1. The van der Waals surface area contributed by atoms with Crippen molar-refractivity contribution in [2.24, 2.45) is 5.92 Å². The second kappa shape index (κ2) is 5.16. The molecule has 104 valence electrons. The number of benzene rings is 1. The first kappa shape index (κ1) is 13.0. The standard InChI is InChI=1S/C17H21N3/c1-12-8-9-20(11-12)15-5-3-4-14(10-15)17-7-6-16(18)13(2)19-17/h3-7,10,12H,8-9,11,18H2,1-2H3/t12-/m1/s1. The Labute approximate surface area is 120 Å². The smallest absolute Gasteiger partial charge is 0.0707 e. The number of hydrogen-bond donors (Lipinski definition) is 1. The van der Waals surface area contributed by atoms with E-state index < -0.39 is 0 Å². The van der Waals surface area contributed by atoms with Crippen LogP contribution in [0.1, 0.15) is 19.0 Å². The van der Waals surface area contributed by atoms with Crippen LogP contribution in [0.4, 0.5) is 11.4 Å². The van der Waals surface area contributed by atoms with E-state index in [1.54, 1.807) is 0 Å². The summed E-state index contributed by atoms with van der Waals surface area (Å²) in [5.41, 5.74) is 10.9. The van der Waals surface area contributed by atoms with E-state index in [0.717, 1.165) is 41.6 Å². The van der Waals surface area contributed by atoms with Gasteiger partial charge >= 0.3 is 0 Å². The minimum absolute atomic E-state index is 0.748. The predicted octanol–water partition coefficient (Wildman–Crippen LogP) is 3.49. The normalized spacial score (nSPS) is 18.5. The van der Waals surface area contributed by atoms with E-state index in [1.807, 2.05) is 19.1 Å². The van der Waals surface area contributed by atoms with Crippen LogP contribution in [0.2, 0.25) is 0 Å². The van der Waals surface area contributed by atoms with Gasteiger partial charge in [0.05, 0.1) is 17.1 Å². The quantitative estimate of drug-likeness (QED) is 0.905. The lowest BCUT2D eigenvalue weighted by molar-refractivity contribution is 0.659. The molecule has 0 bridgehead atoms. The van der Waals surface area contributed by atoms with Crippen molar-refractivity contribution in [1.82, 2.24) is 4.98 Å². The molecule has 3 nitrogen and oxygen atoms in total. The Morgan fingerprint density at radius 3 is 2.80 bits per heavy atom. The molecule has 2 heterocycles. The summed E-state index contributed by atoms with van der Waals surface area (Å²) in [5.74, 6) is 0.788. The molecule has 0 radical (unpaired) electrons. The summed E-state index contributed by atoms with van der Waals surface area (Å²) in [6.45, 7) is 6.57. The molecular formula is C17H21N3. The Morgan fingerprint density at radius 2 is 2.10 bits per heavy atom. The lowest BCUT2D eigenvalue weighted by Gasteiger charge is -2.19. The van der Waals surface area contributed by atoms with Gasteiger partial charge < -0.3 is 10.6 Å². The highest BCUT2D eigenvalue weighted by molar-refractivity contribution is 5.67. The van der Waals surface area contributed by atoms with Crippen LogP contribution < -0.4 is 10.6 Å². The molecule has 0 unspecified atom stereocenters. The molecule has 0 amide bonds. The van der Waals surface area contributed by atoms with Gasteiger partial charge in [0.1, 0.15) is 0 Å². The highest BCUT2D eigenvalue weighted by Crippen LogP contribution is 2.28. The number of nitrogen functional groups attached to an aromatic ring is 1. The van der Waals surface area contributed by atoms with Crippen LogP contribution in [-0.2, 0) is 0 Å². The van der Waals surface area contributed by atoms with Gasteiger partial charge in [-0.3, -0.25) is 4.98 Å². The van der Waals surface area contributed by atoms with Crippen molar-refractivity contribution < 1.29 is 0 Å². The summed E-state index contributed by atoms with van der Waals surface area (Å²) in [6, 6.07) is 12.6. The van der Waals surface area contributed by atoms with Crippen molar-refractivity contribution in [2.45, 2.75) is 20.3 Å². The number of nitrogens with zero attached hydrogens (tertiary/aromatic N) is 2. The van der Waals surface area contributed by atoms with Crippen molar-refractivity contribution in [3.8, 4) is 11.3 Å². The van der Waals surface area contributed by atoms with Gasteiger partial charge in [-0.2, -0.15) is 0 Å². The molecule has 1 aromatic carbocycles. The summed E-state index contributed by atoms with van der Waals surface area (Å²) < 4.78 is 0. The maximum atomic E-state index is 5.84. The van der Waals surface area contributed by atoms with Gasteiger partial charge in [-0.25, -0.2) is 0 Å². The van der Waals surface area contributed by atoms with Crippen LogP contribution in [-0.4, -0.2) is 18.1 Å². The molecule has 20 heavy (non-hydrogen) atoms. The molecule has 1 aliphatic rings. The fraction of sp³-hybridized carbons (Fsp3) is 0.353. The maximum Gasteiger partial charge on any atom is 0.0707 e. The van der Waals surface area contributed by atoms with Gasteiger partial charge in [0.25, 0.3) is 0 Å². The Morgan fingerprint density at radius 1 is 1.25 bits per heavy atom. The number of anilines is 2.